The molecule has 0 radical (unpaired) electrons. The summed E-state index contributed by atoms with van der Waals surface area (Å²) in [7, 11) is 1.72. The van der Waals surface area contributed by atoms with Crippen molar-refractivity contribution in [2.45, 2.75) is 31.3 Å². The lowest BCUT2D eigenvalue weighted by Crippen LogP contribution is -2.42. The number of aromatic nitrogens is 3. The van der Waals surface area contributed by atoms with E-state index in [1.807, 2.05) is 37.2 Å². The van der Waals surface area contributed by atoms with E-state index in [-0.39, 0.29) is 5.41 Å². The van der Waals surface area contributed by atoms with Crippen LogP contribution in [0.4, 0.5) is 0 Å². The standard InChI is InChI=1S/C24H30N4O2/c1-29-23-5-2-4-22(16-23)24(8-15-30-19-24)18-28(17-21-6-9-25-10-7-21)13-3-12-27-14-11-26-20-27/h2,4-7,9-11,14,16,20H,3,8,12-13,15,17-19H2,1H3/t24-/m0/s1. The fourth-order valence-corrected chi connectivity index (χ4v) is 4.29. The maximum absolute atomic E-state index is 5.91. The van der Waals surface area contributed by atoms with Gasteiger partial charge in [-0.05, 0) is 48.2 Å². The van der Waals surface area contributed by atoms with Gasteiger partial charge in [0.2, 0.25) is 0 Å². The summed E-state index contributed by atoms with van der Waals surface area (Å²) in [5.41, 5.74) is 2.57. The molecule has 0 spiro atoms. The number of methoxy groups -OCH3 is 1. The van der Waals surface area contributed by atoms with Gasteiger partial charge in [0.25, 0.3) is 0 Å². The average molecular weight is 407 g/mol. The van der Waals surface area contributed by atoms with E-state index in [1.54, 1.807) is 7.11 Å². The molecule has 6 heteroatoms. The Kier molecular flexibility index (Phi) is 6.77. The van der Waals surface area contributed by atoms with Crippen LogP contribution in [0.3, 0.4) is 0 Å². The zero-order chi connectivity index (χ0) is 20.7. The number of ether oxygens (including phenoxy) is 2. The van der Waals surface area contributed by atoms with Crippen LogP contribution in [0.25, 0.3) is 0 Å². The third kappa shape index (κ3) is 5.07. The van der Waals surface area contributed by atoms with Crippen molar-refractivity contribution in [2.75, 3.05) is 33.4 Å². The van der Waals surface area contributed by atoms with Crippen molar-refractivity contribution in [1.82, 2.24) is 19.4 Å². The van der Waals surface area contributed by atoms with Gasteiger partial charge in [0.1, 0.15) is 5.75 Å². The topological polar surface area (TPSA) is 52.4 Å². The van der Waals surface area contributed by atoms with Crippen molar-refractivity contribution in [2.24, 2.45) is 0 Å². The highest BCUT2D eigenvalue weighted by Crippen LogP contribution is 2.36. The van der Waals surface area contributed by atoms with E-state index in [2.05, 4.69) is 49.8 Å². The number of hydrogen-bond donors (Lipinski definition) is 0. The quantitative estimate of drug-likeness (QED) is 0.516. The highest BCUT2D eigenvalue weighted by molar-refractivity contribution is 5.35. The Morgan fingerprint density at radius 1 is 1.17 bits per heavy atom. The van der Waals surface area contributed by atoms with Gasteiger partial charge in [0, 0.05) is 63.0 Å². The predicted molar refractivity (Wildman–Crippen MR) is 116 cm³/mol. The minimum atomic E-state index is -0.0173. The van der Waals surface area contributed by atoms with Gasteiger partial charge in [-0.3, -0.25) is 9.88 Å². The second-order valence-electron chi connectivity index (χ2n) is 8.04. The van der Waals surface area contributed by atoms with Crippen LogP contribution in [0.1, 0.15) is 24.0 Å². The number of imidazole rings is 1. The molecule has 1 fully saturated rings. The zero-order valence-electron chi connectivity index (χ0n) is 17.6. The van der Waals surface area contributed by atoms with Gasteiger partial charge in [0.05, 0.1) is 20.0 Å². The molecule has 0 N–H and O–H groups in total. The van der Waals surface area contributed by atoms with Crippen molar-refractivity contribution in [3.05, 3.63) is 78.6 Å². The fraction of sp³-hybridized carbons (Fsp3) is 0.417. The summed E-state index contributed by atoms with van der Waals surface area (Å²) in [5, 5.41) is 0. The lowest BCUT2D eigenvalue weighted by molar-refractivity contribution is 0.145. The second kappa shape index (κ2) is 9.87. The van der Waals surface area contributed by atoms with Gasteiger partial charge in [-0.2, -0.15) is 0 Å². The normalized spacial score (nSPS) is 18.7. The number of nitrogens with zero attached hydrogens (tertiary/aromatic N) is 4. The molecule has 6 nitrogen and oxygen atoms in total. The molecule has 1 aliphatic heterocycles. The summed E-state index contributed by atoms with van der Waals surface area (Å²) < 4.78 is 13.5. The Balaban J connectivity index is 1.52. The van der Waals surface area contributed by atoms with E-state index < -0.39 is 0 Å². The third-order valence-electron chi connectivity index (χ3n) is 5.92. The Labute approximate surface area is 178 Å². The van der Waals surface area contributed by atoms with Crippen molar-refractivity contribution < 1.29 is 9.47 Å². The highest BCUT2D eigenvalue weighted by atomic mass is 16.5. The van der Waals surface area contributed by atoms with E-state index in [4.69, 9.17) is 9.47 Å². The molecule has 1 aromatic carbocycles. The van der Waals surface area contributed by atoms with Crippen molar-refractivity contribution >= 4 is 0 Å². The first kappa shape index (κ1) is 20.6. The van der Waals surface area contributed by atoms with E-state index in [0.717, 1.165) is 58.0 Å². The lowest BCUT2D eigenvalue weighted by Gasteiger charge is -2.35. The molecule has 1 aliphatic rings. The molecule has 2 aromatic heterocycles. The molecule has 4 rings (SSSR count). The summed E-state index contributed by atoms with van der Waals surface area (Å²) in [6, 6.07) is 12.7. The summed E-state index contributed by atoms with van der Waals surface area (Å²) >= 11 is 0. The number of benzene rings is 1. The molecule has 158 valence electrons. The number of rotatable bonds is 10. The van der Waals surface area contributed by atoms with E-state index >= 15 is 0 Å². The molecule has 0 amide bonds. The summed E-state index contributed by atoms with van der Waals surface area (Å²) in [5.74, 6) is 0.902. The molecule has 0 aliphatic carbocycles. The molecule has 3 aromatic rings. The van der Waals surface area contributed by atoms with E-state index in [9.17, 15) is 0 Å². The molecule has 3 heterocycles. The van der Waals surface area contributed by atoms with Gasteiger partial charge < -0.3 is 14.0 Å². The SMILES string of the molecule is COc1cccc([C@]2(CN(CCCn3ccnc3)Cc3ccncc3)CCOC2)c1. The van der Waals surface area contributed by atoms with Crippen LogP contribution in [0.5, 0.6) is 5.75 Å². The van der Waals surface area contributed by atoms with Crippen molar-refractivity contribution in [3.8, 4) is 5.75 Å². The van der Waals surface area contributed by atoms with Crippen molar-refractivity contribution in [1.29, 1.82) is 0 Å². The summed E-state index contributed by atoms with van der Waals surface area (Å²) in [4.78, 5) is 10.9. The highest BCUT2D eigenvalue weighted by Gasteiger charge is 2.38. The molecule has 0 unspecified atom stereocenters. The monoisotopic (exact) mass is 406 g/mol. The zero-order valence-corrected chi connectivity index (χ0v) is 17.6. The van der Waals surface area contributed by atoms with E-state index in [0.29, 0.717) is 0 Å². The first-order valence-electron chi connectivity index (χ1n) is 10.6. The smallest absolute Gasteiger partial charge is 0.119 e. The van der Waals surface area contributed by atoms with Gasteiger partial charge in [-0.1, -0.05) is 12.1 Å². The molecule has 0 bridgehead atoms. The maximum Gasteiger partial charge on any atom is 0.119 e. The Bertz CT molecular complexity index is 893. The average Bonchev–Trinajstić information content (AvgIpc) is 3.47. The maximum atomic E-state index is 5.91. The minimum Gasteiger partial charge on any atom is -0.497 e. The fourth-order valence-electron chi connectivity index (χ4n) is 4.29. The van der Waals surface area contributed by atoms with Gasteiger partial charge in [-0.25, -0.2) is 4.98 Å². The Morgan fingerprint density at radius 3 is 2.80 bits per heavy atom. The summed E-state index contributed by atoms with van der Waals surface area (Å²) in [6.07, 6.45) is 11.6. The molecule has 1 atom stereocenters. The molecule has 30 heavy (non-hydrogen) atoms. The largest absolute Gasteiger partial charge is 0.497 e. The summed E-state index contributed by atoms with van der Waals surface area (Å²) in [6.45, 7) is 5.37. The Morgan fingerprint density at radius 2 is 2.07 bits per heavy atom. The molecular formula is C24H30N4O2. The second-order valence-corrected chi connectivity index (χ2v) is 8.04. The Hall–Kier alpha value is -2.70. The lowest BCUT2D eigenvalue weighted by atomic mass is 9.79. The molecule has 1 saturated heterocycles. The van der Waals surface area contributed by atoms with E-state index in [1.165, 1.54) is 11.1 Å². The number of pyridine rings is 1. The third-order valence-corrected chi connectivity index (χ3v) is 5.92. The minimum absolute atomic E-state index is 0.0173. The van der Waals surface area contributed by atoms with Crippen LogP contribution < -0.4 is 4.74 Å². The molecule has 0 saturated carbocycles. The number of aryl methyl sites for hydroxylation is 1. The van der Waals surface area contributed by atoms with Gasteiger partial charge >= 0.3 is 0 Å². The van der Waals surface area contributed by atoms with Crippen LogP contribution >= 0.6 is 0 Å². The van der Waals surface area contributed by atoms with Gasteiger partial charge in [-0.15, -0.1) is 0 Å². The first-order chi connectivity index (χ1) is 14.8. The van der Waals surface area contributed by atoms with Crippen molar-refractivity contribution in [3.63, 3.8) is 0 Å². The predicted octanol–water partition coefficient (Wildman–Crippen LogP) is 3.54. The number of hydrogen-bond acceptors (Lipinski definition) is 5. The van der Waals surface area contributed by atoms with Crippen LogP contribution in [0.2, 0.25) is 0 Å². The molecular weight excluding hydrogens is 376 g/mol. The van der Waals surface area contributed by atoms with Crippen LogP contribution in [0, 0.1) is 0 Å². The van der Waals surface area contributed by atoms with Gasteiger partial charge in [0.15, 0.2) is 0 Å². The van der Waals surface area contributed by atoms with Crippen LogP contribution in [0.15, 0.2) is 67.5 Å². The van der Waals surface area contributed by atoms with Crippen LogP contribution in [-0.2, 0) is 23.2 Å². The van der Waals surface area contributed by atoms with Crippen LogP contribution in [-0.4, -0.2) is 52.8 Å². The first-order valence-corrected chi connectivity index (χ1v) is 10.6.